The maximum atomic E-state index is 13.8. The zero-order chi connectivity index (χ0) is 30.2. The molecule has 10 heteroatoms. The zero-order valence-corrected chi connectivity index (χ0v) is 24.0. The van der Waals surface area contributed by atoms with E-state index in [-0.39, 0.29) is 24.8 Å². The topological polar surface area (TPSA) is 141 Å². The number of nitrogens with one attached hydrogen (secondary N) is 3. The number of carboxylic acids is 1. The van der Waals surface area contributed by atoms with Gasteiger partial charge in [0.15, 0.2) is 0 Å². The van der Waals surface area contributed by atoms with Gasteiger partial charge in [0.05, 0.1) is 23.0 Å². The van der Waals surface area contributed by atoms with Crippen LogP contribution in [0.25, 0.3) is 17.0 Å². The number of tetrazole rings is 1. The highest BCUT2D eigenvalue weighted by molar-refractivity contribution is 5.97. The summed E-state index contributed by atoms with van der Waals surface area (Å²) in [4.78, 5) is 38.5. The second-order valence-electron chi connectivity index (χ2n) is 10.7. The fraction of sp³-hybridized carbons (Fsp3) is 0.273. The quantitative estimate of drug-likeness (QED) is 0.194. The summed E-state index contributed by atoms with van der Waals surface area (Å²) in [6.07, 6.45) is 7.17. The van der Waals surface area contributed by atoms with Crippen LogP contribution >= 0.6 is 0 Å². The number of aromatic amines is 1. The van der Waals surface area contributed by atoms with Crippen LogP contribution in [0.2, 0.25) is 0 Å². The molecule has 10 nitrogen and oxygen atoms in total. The molecular weight excluding hydrogens is 544 g/mol. The van der Waals surface area contributed by atoms with Crippen molar-refractivity contribution in [1.29, 1.82) is 0 Å². The number of aliphatic carboxylic acids is 1. The van der Waals surface area contributed by atoms with E-state index in [9.17, 15) is 14.4 Å². The van der Waals surface area contributed by atoms with Gasteiger partial charge >= 0.3 is 11.8 Å². The predicted octanol–water partition coefficient (Wildman–Crippen LogP) is 4.42. The average Bonchev–Trinajstić information content (AvgIpc) is 3.47. The molecular formula is C33H35N6O4+. The molecule has 1 unspecified atom stereocenters. The zero-order valence-electron chi connectivity index (χ0n) is 24.0. The van der Waals surface area contributed by atoms with Crippen molar-refractivity contribution in [1.82, 2.24) is 20.7 Å². The van der Waals surface area contributed by atoms with Crippen LogP contribution in [0.4, 0.5) is 5.69 Å². The molecule has 4 N–H and O–H groups in total. The summed E-state index contributed by atoms with van der Waals surface area (Å²) in [5.41, 5.74) is 6.17. The van der Waals surface area contributed by atoms with Gasteiger partial charge in [-0.15, -0.1) is 0 Å². The molecule has 220 valence electrons. The average molecular weight is 580 g/mol. The van der Waals surface area contributed by atoms with Crippen LogP contribution in [0.3, 0.4) is 0 Å². The van der Waals surface area contributed by atoms with Crippen LogP contribution in [0.15, 0.2) is 78.9 Å². The van der Waals surface area contributed by atoms with Crippen molar-refractivity contribution in [2.75, 3.05) is 11.9 Å². The van der Waals surface area contributed by atoms with Gasteiger partial charge in [-0.25, -0.2) is 0 Å². The van der Waals surface area contributed by atoms with E-state index in [1.807, 2.05) is 48.5 Å². The Morgan fingerprint density at radius 1 is 1.00 bits per heavy atom. The van der Waals surface area contributed by atoms with Gasteiger partial charge in [0.25, 0.3) is 5.91 Å². The monoisotopic (exact) mass is 579 g/mol. The largest absolute Gasteiger partial charge is 0.481 e. The number of hydrogen-bond donors (Lipinski definition) is 4. The number of hydrogen-bond acceptors (Lipinski definition) is 5. The number of allylic oxidation sites excluding steroid dienone is 2. The van der Waals surface area contributed by atoms with E-state index in [0.29, 0.717) is 23.5 Å². The maximum Gasteiger partial charge on any atom is 0.338 e. The summed E-state index contributed by atoms with van der Waals surface area (Å²) < 4.78 is 0. The van der Waals surface area contributed by atoms with E-state index in [2.05, 4.69) is 44.3 Å². The number of carbonyl (C=O) groups excluding carboxylic acids is 2. The summed E-state index contributed by atoms with van der Waals surface area (Å²) in [6, 6.07) is 22.7. The summed E-state index contributed by atoms with van der Waals surface area (Å²) in [5.74, 6) is -1.43. The molecule has 1 atom stereocenters. The van der Waals surface area contributed by atoms with Crippen molar-refractivity contribution in [3.8, 4) is 11.4 Å². The lowest BCUT2D eigenvalue weighted by Gasteiger charge is -2.19. The third-order valence-electron chi connectivity index (χ3n) is 7.51. The minimum absolute atomic E-state index is 0.0565. The first-order valence-corrected chi connectivity index (χ1v) is 14.4. The molecule has 0 saturated carbocycles. The molecule has 43 heavy (non-hydrogen) atoms. The van der Waals surface area contributed by atoms with E-state index >= 15 is 0 Å². The van der Waals surface area contributed by atoms with Crippen LogP contribution < -0.4 is 15.4 Å². The van der Waals surface area contributed by atoms with Crippen LogP contribution in [0, 0.1) is 0 Å². The lowest BCUT2D eigenvalue weighted by molar-refractivity contribution is -0.783. The third kappa shape index (κ3) is 7.79. The third-order valence-corrected chi connectivity index (χ3v) is 7.51. The van der Waals surface area contributed by atoms with E-state index in [0.717, 1.165) is 29.5 Å². The standard InChI is InChI=1S/C33H34N6O4/c1-39-37-31(36-38-39)27-8-5-9-28(21-27)35-33(43)29(25-16-14-24(15-17-25)23-6-3-2-4-7-23)20-22-10-12-26(13-11-22)32(42)34-19-18-30(40)41/h5-6,8-17,21,29H,2-4,7,18-20H2,1H3,(H3,34,35,40,41,42,43)/p+1. The molecule has 0 bridgehead atoms. The normalized spacial score (nSPS) is 13.6. The van der Waals surface area contributed by atoms with Crippen molar-refractivity contribution in [2.24, 2.45) is 7.05 Å². The van der Waals surface area contributed by atoms with Gasteiger partial charge < -0.3 is 15.7 Å². The SMILES string of the molecule is C[n+]1nc(-c2cccc(NC(=O)C(Cc3ccc(C(=O)NCCC(=O)O)cc3)c3ccc(C4=CCCCC4)cc3)c2)n[nH]1. The van der Waals surface area contributed by atoms with E-state index in [1.165, 1.54) is 28.8 Å². The Balaban J connectivity index is 1.36. The van der Waals surface area contributed by atoms with Gasteiger partial charge in [-0.05, 0) is 95.0 Å². The Morgan fingerprint density at radius 3 is 2.47 bits per heavy atom. The number of anilines is 1. The van der Waals surface area contributed by atoms with Crippen molar-refractivity contribution in [2.45, 2.75) is 44.4 Å². The highest BCUT2D eigenvalue weighted by atomic mass is 16.4. The van der Waals surface area contributed by atoms with Gasteiger partial charge in [0.2, 0.25) is 5.91 Å². The first-order valence-electron chi connectivity index (χ1n) is 14.4. The first-order chi connectivity index (χ1) is 20.9. The van der Waals surface area contributed by atoms with Crippen molar-refractivity contribution in [3.05, 3.63) is 101 Å². The lowest BCUT2D eigenvalue weighted by atomic mass is 9.88. The molecule has 0 fully saturated rings. The number of amides is 2. The predicted molar refractivity (Wildman–Crippen MR) is 162 cm³/mol. The number of carboxylic acid groups (broad SMARTS) is 1. The fourth-order valence-electron chi connectivity index (χ4n) is 5.20. The molecule has 0 aliphatic heterocycles. The second kappa shape index (κ2) is 13.7. The Bertz CT molecular complexity index is 1630. The van der Waals surface area contributed by atoms with E-state index in [4.69, 9.17) is 5.11 Å². The van der Waals surface area contributed by atoms with Gasteiger partial charge in [0.1, 0.15) is 7.05 Å². The highest BCUT2D eigenvalue weighted by Crippen LogP contribution is 2.30. The van der Waals surface area contributed by atoms with Crippen LogP contribution in [0.5, 0.6) is 0 Å². The molecule has 1 aromatic heterocycles. The molecule has 1 aliphatic rings. The number of nitrogens with zero attached hydrogens (tertiary/aromatic N) is 3. The lowest BCUT2D eigenvalue weighted by Crippen LogP contribution is -2.33. The number of rotatable bonds is 11. The van der Waals surface area contributed by atoms with Gasteiger partial charge in [-0.2, -0.15) is 0 Å². The molecule has 0 radical (unpaired) electrons. The number of H-pyrrole nitrogens is 1. The molecule has 3 aromatic carbocycles. The van der Waals surface area contributed by atoms with Crippen LogP contribution in [-0.2, 0) is 23.1 Å². The summed E-state index contributed by atoms with van der Waals surface area (Å²) in [6.45, 7) is 0.0565. The summed E-state index contributed by atoms with van der Waals surface area (Å²) in [5, 5.41) is 25.8. The fourth-order valence-corrected chi connectivity index (χ4v) is 5.20. The van der Waals surface area contributed by atoms with E-state index in [1.54, 1.807) is 19.2 Å². The Kier molecular flexibility index (Phi) is 9.36. The molecule has 4 aromatic rings. The number of aryl methyl sites for hydroxylation is 1. The molecule has 0 spiro atoms. The number of aromatic nitrogens is 4. The van der Waals surface area contributed by atoms with Gasteiger partial charge in [0, 0.05) is 17.8 Å². The smallest absolute Gasteiger partial charge is 0.338 e. The highest BCUT2D eigenvalue weighted by Gasteiger charge is 2.23. The van der Waals surface area contributed by atoms with E-state index < -0.39 is 11.9 Å². The first kappa shape index (κ1) is 29.4. The number of benzene rings is 3. The minimum Gasteiger partial charge on any atom is -0.481 e. The Morgan fingerprint density at radius 2 is 1.79 bits per heavy atom. The maximum absolute atomic E-state index is 13.8. The molecule has 1 heterocycles. The van der Waals surface area contributed by atoms with Gasteiger partial charge in [-0.3, -0.25) is 14.4 Å². The Hall–Kier alpha value is -5.12. The number of carbonyl (C=O) groups is 3. The van der Waals surface area contributed by atoms with Crippen molar-refractivity contribution < 1.29 is 24.3 Å². The molecule has 1 aliphatic carbocycles. The van der Waals surface area contributed by atoms with Gasteiger partial charge in [-0.1, -0.05) is 53.3 Å². The van der Waals surface area contributed by atoms with Crippen LogP contribution in [0.1, 0.15) is 65.1 Å². The Labute approximate surface area is 249 Å². The van der Waals surface area contributed by atoms with Crippen LogP contribution in [-0.4, -0.2) is 44.8 Å². The summed E-state index contributed by atoms with van der Waals surface area (Å²) >= 11 is 0. The van der Waals surface area contributed by atoms with Crippen molar-refractivity contribution in [3.63, 3.8) is 0 Å². The summed E-state index contributed by atoms with van der Waals surface area (Å²) in [7, 11) is 1.75. The molecule has 2 amide bonds. The second-order valence-corrected chi connectivity index (χ2v) is 10.7. The van der Waals surface area contributed by atoms with Crippen molar-refractivity contribution >= 4 is 29.0 Å². The molecule has 5 rings (SSSR count). The molecule has 0 saturated heterocycles. The minimum atomic E-state index is -0.970.